The summed E-state index contributed by atoms with van der Waals surface area (Å²) in [6.45, 7) is 2.49. The molecule has 0 spiro atoms. The second-order valence-corrected chi connectivity index (χ2v) is 4.66. The molecule has 20 heavy (non-hydrogen) atoms. The number of aryl methyl sites for hydroxylation is 1. The highest BCUT2D eigenvalue weighted by Gasteiger charge is 2.13. The molecule has 1 amide bonds. The molecule has 5 nitrogen and oxygen atoms in total. The first-order valence-electron chi connectivity index (χ1n) is 6.03. The van der Waals surface area contributed by atoms with Gasteiger partial charge in [0.2, 0.25) is 0 Å². The van der Waals surface area contributed by atoms with E-state index < -0.39 is 5.91 Å². The summed E-state index contributed by atoms with van der Waals surface area (Å²) in [4.78, 5) is 11.3. The predicted molar refractivity (Wildman–Crippen MR) is 75.0 cm³/mol. The zero-order valence-corrected chi connectivity index (χ0v) is 11.7. The standard InChI is InChI=1S/C14H15ClN2O3/c1-9-11(6-13(20-9)14(18)17-16)8-19-7-10-4-2-3-5-12(10)15/h2-6H,7-8,16H2,1H3,(H,17,18). The maximum absolute atomic E-state index is 11.3. The van der Waals surface area contributed by atoms with Crippen LogP contribution in [0.5, 0.6) is 0 Å². The third-order valence-corrected chi connectivity index (χ3v) is 3.22. The summed E-state index contributed by atoms with van der Waals surface area (Å²) in [5.74, 6) is 5.38. The van der Waals surface area contributed by atoms with E-state index >= 15 is 0 Å². The Morgan fingerprint density at radius 3 is 2.75 bits per heavy atom. The molecule has 1 aromatic carbocycles. The number of carbonyl (C=O) groups excluding carboxylic acids is 1. The van der Waals surface area contributed by atoms with Crippen molar-refractivity contribution in [3.05, 3.63) is 58.0 Å². The lowest BCUT2D eigenvalue weighted by Gasteiger charge is -2.05. The van der Waals surface area contributed by atoms with Crippen LogP contribution in [0.2, 0.25) is 5.02 Å². The molecule has 1 heterocycles. The summed E-state index contributed by atoms with van der Waals surface area (Å²) in [5.41, 5.74) is 3.73. The van der Waals surface area contributed by atoms with Gasteiger partial charge in [-0.3, -0.25) is 10.2 Å². The SMILES string of the molecule is Cc1oc(C(=O)NN)cc1COCc1ccccc1Cl. The zero-order valence-electron chi connectivity index (χ0n) is 11.0. The molecule has 0 bridgehead atoms. The Labute approximate surface area is 121 Å². The third kappa shape index (κ3) is 3.39. The first-order chi connectivity index (χ1) is 9.61. The molecule has 0 saturated heterocycles. The highest BCUT2D eigenvalue weighted by atomic mass is 35.5. The normalized spacial score (nSPS) is 10.6. The lowest BCUT2D eigenvalue weighted by molar-refractivity contribution is 0.0924. The maximum Gasteiger partial charge on any atom is 0.300 e. The van der Waals surface area contributed by atoms with Gasteiger partial charge in [0.05, 0.1) is 13.2 Å². The van der Waals surface area contributed by atoms with Crippen molar-refractivity contribution in [2.24, 2.45) is 5.84 Å². The number of carbonyl (C=O) groups is 1. The van der Waals surface area contributed by atoms with Crippen molar-refractivity contribution in [2.45, 2.75) is 20.1 Å². The van der Waals surface area contributed by atoms with Crippen molar-refractivity contribution in [3.63, 3.8) is 0 Å². The predicted octanol–water partition coefficient (Wildman–Crippen LogP) is 2.56. The summed E-state index contributed by atoms with van der Waals surface area (Å²) in [6, 6.07) is 9.09. The first-order valence-corrected chi connectivity index (χ1v) is 6.41. The van der Waals surface area contributed by atoms with Crippen LogP contribution >= 0.6 is 11.6 Å². The second kappa shape index (κ2) is 6.56. The smallest absolute Gasteiger partial charge is 0.300 e. The van der Waals surface area contributed by atoms with Crippen LogP contribution in [0.1, 0.15) is 27.4 Å². The summed E-state index contributed by atoms with van der Waals surface area (Å²) in [7, 11) is 0. The van der Waals surface area contributed by atoms with Crippen LogP contribution in [0.3, 0.4) is 0 Å². The fourth-order valence-electron chi connectivity index (χ4n) is 1.73. The summed E-state index contributed by atoms with van der Waals surface area (Å²) >= 11 is 6.04. The Bertz CT molecular complexity index is 610. The molecule has 3 N–H and O–H groups in total. The van der Waals surface area contributed by atoms with Gasteiger partial charge in [-0.2, -0.15) is 0 Å². The molecule has 0 radical (unpaired) electrons. The molecule has 2 aromatic rings. The molecule has 0 aliphatic rings. The number of nitrogens with two attached hydrogens (primary N) is 1. The van der Waals surface area contributed by atoms with E-state index in [4.69, 9.17) is 26.6 Å². The Morgan fingerprint density at radius 2 is 2.05 bits per heavy atom. The van der Waals surface area contributed by atoms with Gasteiger partial charge in [-0.05, 0) is 24.6 Å². The molecule has 0 atom stereocenters. The molecule has 0 aliphatic heterocycles. The lowest BCUT2D eigenvalue weighted by atomic mass is 10.2. The number of nitrogen functional groups attached to an aromatic ring is 1. The summed E-state index contributed by atoms with van der Waals surface area (Å²) in [5, 5.41) is 0.666. The molecular weight excluding hydrogens is 280 g/mol. The van der Waals surface area contributed by atoms with Gasteiger partial charge in [0.1, 0.15) is 5.76 Å². The number of ether oxygens (including phenoxy) is 1. The van der Waals surface area contributed by atoms with Crippen LogP contribution in [0, 0.1) is 6.92 Å². The number of amides is 1. The Morgan fingerprint density at radius 1 is 1.35 bits per heavy atom. The van der Waals surface area contributed by atoms with E-state index in [-0.39, 0.29) is 5.76 Å². The fraction of sp³-hybridized carbons (Fsp3) is 0.214. The van der Waals surface area contributed by atoms with Crippen molar-refractivity contribution in [3.8, 4) is 0 Å². The number of furan rings is 1. The topological polar surface area (TPSA) is 77.5 Å². The lowest BCUT2D eigenvalue weighted by Crippen LogP contribution is -2.29. The van der Waals surface area contributed by atoms with Crippen LogP contribution in [0.4, 0.5) is 0 Å². The Balaban J connectivity index is 1.96. The number of hydrogen-bond acceptors (Lipinski definition) is 4. The van der Waals surface area contributed by atoms with Crippen molar-refractivity contribution >= 4 is 17.5 Å². The van der Waals surface area contributed by atoms with Crippen molar-refractivity contribution < 1.29 is 13.9 Å². The monoisotopic (exact) mass is 294 g/mol. The summed E-state index contributed by atoms with van der Waals surface area (Å²) in [6.07, 6.45) is 0. The number of hydrogen-bond donors (Lipinski definition) is 2. The van der Waals surface area contributed by atoms with E-state index in [1.54, 1.807) is 13.0 Å². The molecular formula is C14H15ClN2O3. The summed E-state index contributed by atoms with van der Waals surface area (Å²) < 4.78 is 10.9. The van der Waals surface area contributed by atoms with Crippen LogP contribution in [0.25, 0.3) is 0 Å². The van der Waals surface area contributed by atoms with Gasteiger partial charge in [-0.25, -0.2) is 5.84 Å². The molecule has 0 fully saturated rings. The molecule has 0 unspecified atom stereocenters. The number of nitrogens with one attached hydrogen (secondary N) is 1. The highest BCUT2D eigenvalue weighted by Crippen LogP contribution is 2.19. The number of benzene rings is 1. The van der Waals surface area contributed by atoms with Crippen LogP contribution < -0.4 is 11.3 Å². The fourth-order valence-corrected chi connectivity index (χ4v) is 1.92. The van der Waals surface area contributed by atoms with Gasteiger partial charge in [-0.1, -0.05) is 29.8 Å². The van der Waals surface area contributed by atoms with Gasteiger partial charge < -0.3 is 9.15 Å². The Kier molecular flexibility index (Phi) is 4.79. The second-order valence-electron chi connectivity index (χ2n) is 4.25. The molecule has 0 saturated carbocycles. The number of rotatable bonds is 5. The number of hydrazine groups is 1. The van der Waals surface area contributed by atoms with E-state index in [2.05, 4.69) is 0 Å². The highest BCUT2D eigenvalue weighted by molar-refractivity contribution is 6.31. The van der Waals surface area contributed by atoms with E-state index in [0.29, 0.717) is 24.0 Å². The Hall–Kier alpha value is -1.82. The minimum Gasteiger partial charge on any atom is -0.456 e. The first kappa shape index (κ1) is 14.6. The molecule has 106 valence electrons. The van der Waals surface area contributed by atoms with Crippen LogP contribution in [-0.4, -0.2) is 5.91 Å². The molecule has 2 rings (SSSR count). The maximum atomic E-state index is 11.3. The average Bonchev–Trinajstić information content (AvgIpc) is 2.81. The molecule has 1 aromatic heterocycles. The van der Waals surface area contributed by atoms with Gasteiger partial charge in [0, 0.05) is 10.6 Å². The minimum atomic E-state index is -0.467. The van der Waals surface area contributed by atoms with E-state index in [9.17, 15) is 4.79 Å². The van der Waals surface area contributed by atoms with Crippen molar-refractivity contribution in [1.82, 2.24) is 5.43 Å². The quantitative estimate of drug-likeness (QED) is 0.505. The third-order valence-electron chi connectivity index (χ3n) is 2.85. The van der Waals surface area contributed by atoms with Gasteiger partial charge in [0.15, 0.2) is 5.76 Å². The van der Waals surface area contributed by atoms with Gasteiger partial charge >= 0.3 is 5.91 Å². The average molecular weight is 295 g/mol. The van der Waals surface area contributed by atoms with Gasteiger partial charge in [-0.15, -0.1) is 0 Å². The molecule has 0 aliphatic carbocycles. The van der Waals surface area contributed by atoms with Gasteiger partial charge in [0.25, 0.3) is 0 Å². The van der Waals surface area contributed by atoms with Crippen molar-refractivity contribution in [1.29, 1.82) is 0 Å². The minimum absolute atomic E-state index is 0.168. The van der Waals surface area contributed by atoms with Crippen LogP contribution in [-0.2, 0) is 18.0 Å². The molecule has 6 heteroatoms. The largest absolute Gasteiger partial charge is 0.456 e. The van der Waals surface area contributed by atoms with Crippen LogP contribution in [0.15, 0.2) is 34.7 Å². The van der Waals surface area contributed by atoms with E-state index in [1.807, 2.05) is 29.7 Å². The number of halogens is 1. The van der Waals surface area contributed by atoms with Crippen molar-refractivity contribution in [2.75, 3.05) is 0 Å². The van der Waals surface area contributed by atoms with E-state index in [0.717, 1.165) is 11.1 Å². The van der Waals surface area contributed by atoms with E-state index in [1.165, 1.54) is 0 Å². The zero-order chi connectivity index (χ0) is 14.5.